The number of carbonyl (C=O) groups excluding carboxylic acids is 1. The Bertz CT molecular complexity index is 1350. The molecule has 1 aliphatic heterocycles. The monoisotopic (exact) mass is 645 g/mol. The predicted molar refractivity (Wildman–Crippen MR) is 185 cm³/mol. The maximum atomic E-state index is 14.9. The van der Waals surface area contributed by atoms with Crippen LogP contribution >= 0.6 is 0 Å². The van der Waals surface area contributed by atoms with Gasteiger partial charge in [0, 0.05) is 79.5 Å². The molecule has 0 saturated carbocycles. The first-order chi connectivity index (χ1) is 21.8. The lowest BCUT2D eigenvalue weighted by Gasteiger charge is -2.45. The second-order valence-corrected chi connectivity index (χ2v) is 10.8. The van der Waals surface area contributed by atoms with E-state index in [1.165, 1.54) is 17.9 Å². The van der Waals surface area contributed by atoms with Crippen molar-refractivity contribution in [2.24, 2.45) is 12.0 Å². The summed E-state index contributed by atoms with van der Waals surface area (Å²) in [7, 11) is 1.88. The van der Waals surface area contributed by atoms with E-state index in [1.54, 1.807) is 29.1 Å². The molecule has 0 bridgehead atoms. The number of ether oxygens (including phenoxy) is 1. The van der Waals surface area contributed by atoms with E-state index in [4.69, 9.17) is 9.73 Å². The average Bonchev–Trinajstić information content (AvgIpc) is 3.49. The van der Waals surface area contributed by atoms with Gasteiger partial charge in [0.1, 0.15) is 5.82 Å². The average molecular weight is 646 g/mol. The number of carbonyl (C=O) groups is 1. The van der Waals surface area contributed by atoms with Gasteiger partial charge in [0.15, 0.2) is 6.61 Å². The van der Waals surface area contributed by atoms with Crippen LogP contribution in [-0.4, -0.2) is 75.6 Å². The number of aryl methyl sites for hydroxylation is 1. The van der Waals surface area contributed by atoms with Gasteiger partial charge in [0.25, 0.3) is 5.92 Å². The van der Waals surface area contributed by atoms with Gasteiger partial charge in [-0.05, 0) is 52.7 Å². The fraction of sp³-hybridized carbons (Fsp3) is 0.528. The number of nitrogens with zero attached hydrogens (tertiary/aromatic N) is 5. The number of aliphatic imine (C=N–C) groups is 1. The molecular weight excluding hydrogens is 591 g/mol. The number of aromatic nitrogens is 2. The highest BCUT2D eigenvalue weighted by atomic mass is 19.3. The number of piperazine rings is 1. The molecule has 2 aromatic rings. The highest BCUT2D eigenvalue weighted by Crippen LogP contribution is 2.33. The lowest BCUT2D eigenvalue weighted by Crippen LogP contribution is -2.57. The van der Waals surface area contributed by atoms with E-state index >= 15 is 0 Å². The molecule has 10 heteroatoms. The smallest absolute Gasteiger partial charge is 0.410 e. The summed E-state index contributed by atoms with van der Waals surface area (Å²) in [5, 5.41) is 3.93. The minimum absolute atomic E-state index is 0.117. The molecule has 256 valence electrons. The Hall–Kier alpha value is -3.82. The predicted octanol–water partition coefficient (Wildman–Crippen LogP) is 9.04. The Morgan fingerprint density at radius 1 is 1.13 bits per heavy atom. The van der Waals surface area contributed by atoms with Crippen molar-refractivity contribution in [3.05, 3.63) is 77.5 Å². The molecule has 0 radical (unpaired) electrons. The van der Waals surface area contributed by atoms with E-state index in [1.807, 2.05) is 80.8 Å². The number of hydrogen-bond donors (Lipinski definition) is 0. The number of amides is 1. The molecule has 1 amide bonds. The number of halogens is 3. The van der Waals surface area contributed by atoms with Gasteiger partial charge in [-0.1, -0.05) is 64.6 Å². The third kappa shape index (κ3) is 11.2. The second-order valence-electron chi connectivity index (χ2n) is 10.8. The summed E-state index contributed by atoms with van der Waals surface area (Å²) in [5.74, 6) is -3.34. The lowest BCUT2D eigenvalue weighted by atomic mass is 9.90. The number of benzene rings is 1. The van der Waals surface area contributed by atoms with Crippen LogP contribution in [-0.2, 0) is 11.8 Å². The fourth-order valence-corrected chi connectivity index (χ4v) is 5.12. The van der Waals surface area contributed by atoms with Crippen LogP contribution in [0.3, 0.4) is 0 Å². The minimum Gasteiger partial charge on any atom is -0.443 e. The molecule has 0 aliphatic carbocycles. The normalized spacial score (nSPS) is 17.7. The van der Waals surface area contributed by atoms with Crippen molar-refractivity contribution >= 4 is 23.5 Å². The molecule has 3 rings (SSSR count). The molecule has 2 atom stereocenters. The highest BCUT2D eigenvalue weighted by Gasteiger charge is 2.36. The number of alkyl halides is 2. The number of allylic oxidation sites excluding steroid dienone is 4. The van der Waals surface area contributed by atoms with Crippen molar-refractivity contribution < 1.29 is 22.7 Å². The SMILES string of the molecule is C/C=C(\C(C(CC)=NCC)=C(\C)N1C[C@@H](C)N(C(=O)OCC(F)(F)CC)CC1C)c1ccccc1F.C=Cc1cnn(C)c1.CC. The lowest BCUT2D eigenvalue weighted by molar-refractivity contribution is -0.0673. The van der Waals surface area contributed by atoms with Gasteiger partial charge in [0.2, 0.25) is 0 Å². The Morgan fingerprint density at radius 2 is 1.74 bits per heavy atom. The van der Waals surface area contributed by atoms with E-state index in [-0.39, 0.29) is 24.3 Å². The zero-order chi connectivity index (χ0) is 35.0. The molecule has 46 heavy (non-hydrogen) atoms. The molecule has 2 heterocycles. The fourth-order valence-electron chi connectivity index (χ4n) is 5.12. The van der Waals surface area contributed by atoms with Crippen LogP contribution in [0.2, 0.25) is 0 Å². The first-order valence-corrected chi connectivity index (χ1v) is 16.2. The molecule has 1 saturated heterocycles. The topological polar surface area (TPSA) is 63.0 Å². The largest absolute Gasteiger partial charge is 0.443 e. The summed E-state index contributed by atoms with van der Waals surface area (Å²) in [5.41, 5.74) is 5.03. The summed E-state index contributed by atoms with van der Waals surface area (Å²) in [6.07, 6.45) is 6.92. The third-order valence-corrected chi connectivity index (χ3v) is 7.59. The summed E-state index contributed by atoms with van der Waals surface area (Å²) in [4.78, 5) is 21.1. The minimum atomic E-state index is -3.04. The van der Waals surface area contributed by atoms with Crippen LogP contribution in [0.25, 0.3) is 11.6 Å². The Balaban J connectivity index is 0.000000905. The summed E-state index contributed by atoms with van der Waals surface area (Å²) >= 11 is 0. The second kappa shape index (κ2) is 19.6. The standard InChI is InChI=1S/C28H40F3N3O2.C6H8N2.C2H6/c1-8-22(23-14-12-13-15-24(23)29)26(25(9-2)32-11-4)21(7)33-16-20(6)34(17-19(33)5)27(35)36-18-28(30,31)10-3;1-3-6-4-7-8(2)5-6;1-2/h8,12-15,19-20H,9-11,16-18H2,1-7H3;3-5H,1H2,2H3;1-2H3/b22-8-,26-21+,32-25?;;/t19?,20-;;/m1../s1. The van der Waals surface area contributed by atoms with Gasteiger partial charge in [-0.25, -0.2) is 18.0 Å². The maximum absolute atomic E-state index is 14.9. The van der Waals surface area contributed by atoms with Gasteiger partial charge in [-0.3, -0.25) is 9.67 Å². The Kier molecular flexibility index (Phi) is 17.2. The van der Waals surface area contributed by atoms with Gasteiger partial charge >= 0.3 is 6.09 Å². The maximum Gasteiger partial charge on any atom is 0.410 e. The summed E-state index contributed by atoms with van der Waals surface area (Å²) in [6.45, 7) is 21.2. The first-order valence-electron chi connectivity index (χ1n) is 16.2. The van der Waals surface area contributed by atoms with Crippen molar-refractivity contribution in [1.29, 1.82) is 0 Å². The van der Waals surface area contributed by atoms with Crippen LogP contribution in [0.1, 0.15) is 86.3 Å². The van der Waals surface area contributed by atoms with E-state index in [0.717, 1.165) is 28.1 Å². The molecule has 0 spiro atoms. The Morgan fingerprint density at radius 3 is 2.22 bits per heavy atom. The molecule has 7 nitrogen and oxygen atoms in total. The van der Waals surface area contributed by atoms with Gasteiger partial charge in [-0.15, -0.1) is 0 Å². The van der Waals surface area contributed by atoms with Crippen LogP contribution in [0.4, 0.5) is 18.0 Å². The quantitative estimate of drug-likeness (QED) is 0.191. The van der Waals surface area contributed by atoms with Crippen LogP contribution in [0.5, 0.6) is 0 Å². The Labute approximate surface area is 274 Å². The zero-order valence-corrected chi connectivity index (χ0v) is 29.4. The highest BCUT2D eigenvalue weighted by molar-refractivity contribution is 6.13. The van der Waals surface area contributed by atoms with Crippen molar-refractivity contribution in [3.63, 3.8) is 0 Å². The van der Waals surface area contributed by atoms with Crippen molar-refractivity contribution in [2.75, 3.05) is 26.2 Å². The molecular formula is C36H54F3N5O2. The van der Waals surface area contributed by atoms with Crippen molar-refractivity contribution in [2.45, 2.75) is 93.2 Å². The summed E-state index contributed by atoms with van der Waals surface area (Å²) < 4.78 is 48.8. The van der Waals surface area contributed by atoms with Crippen LogP contribution < -0.4 is 0 Å². The van der Waals surface area contributed by atoms with Crippen LogP contribution in [0.15, 0.2) is 65.6 Å². The molecule has 1 aromatic carbocycles. The molecule has 0 N–H and O–H groups in total. The van der Waals surface area contributed by atoms with E-state index in [0.29, 0.717) is 31.6 Å². The van der Waals surface area contributed by atoms with E-state index < -0.39 is 18.6 Å². The molecule has 1 unspecified atom stereocenters. The molecule has 1 aromatic heterocycles. The van der Waals surface area contributed by atoms with Crippen molar-refractivity contribution in [3.8, 4) is 0 Å². The van der Waals surface area contributed by atoms with Gasteiger partial charge in [0.05, 0.1) is 6.20 Å². The molecule has 1 aliphatic rings. The van der Waals surface area contributed by atoms with Gasteiger partial charge in [-0.2, -0.15) is 5.10 Å². The summed E-state index contributed by atoms with van der Waals surface area (Å²) in [6, 6.07) is 6.31. The first kappa shape index (κ1) is 40.2. The van der Waals surface area contributed by atoms with Crippen LogP contribution in [0, 0.1) is 5.82 Å². The van der Waals surface area contributed by atoms with E-state index in [9.17, 15) is 18.0 Å². The number of rotatable bonds is 10. The number of hydrogen-bond acceptors (Lipinski definition) is 5. The molecule has 1 fully saturated rings. The van der Waals surface area contributed by atoms with Crippen molar-refractivity contribution in [1.82, 2.24) is 19.6 Å². The van der Waals surface area contributed by atoms with E-state index in [2.05, 4.69) is 16.6 Å². The van der Waals surface area contributed by atoms with Gasteiger partial charge < -0.3 is 14.5 Å². The zero-order valence-electron chi connectivity index (χ0n) is 29.4. The third-order valence-electron chi connectivity index (χ3n) is 7.59.